The molecule has 0 radical (unpaired) electrons. The van der Waals surface area contributed by atoms with Crippen molar-refractivity contribution < 1.29 is 12.8 Å². The third kappa shape index (κ3) is 3.05. The fourth-order valence-electron chi connectivity index (χ4n) is 3.53. The maximum atomic E-state index is 14.9. The molecule has 0 bridgehead atoms. The van der Waals surface area contributed by atoms with Crippen LogP contribution in [0.4, 0.5) is 4.39 Å². The van der Waals surface area contributed by atoms with Crippen LogP contribution < -0.4 is 5.73 Å². The Labute approximate surface area is 109 Å². The lowest BCUT2D eigenvalue weighted by atomic mass is 9.70. The molecule has 2 rings (SSSR count). The number of nitrogens with two attached hydrogens (primary N) is 1. The van der Waals surface area contributed by atoms with Crippen molar-refractivity contribution in [3.8, 4) is 0 Å². The second-order valence-electron chi connectivity index (χ2n) is 6.19. The lowest BCUT2D eigenvalue weighted by molar-refractivity contribution is 0.0158. The largest absolute Gasteiger partial charge is 0.328 e. The molecule has 0 aromatic rings. The molecule has 106 valence electrons. The van der Waals surface area contributed by atoms with Gasteiger partial charge in [-0.3, -0.25) is 0 Å². The van der Waals surface area contributed by atoms with Gasteiger partial charge in [-0.25, -0.2) is 12.8 Å². The highest BCUT2D eigenvalue weighted by Crippen LogP contribution is 2.45. The zero-order valence-electron chi connectivity index (χ0n) is 11.1. The van der Waals surface area contributed by atoms with Crippen LogP contribution in [-0.4, -0.2) is 31.6 Å². The molecule has 2 aliphatic carbocycles. The van der Waals surface area contributed by atoms with E-state index in [1.54, 1.807) is 0 Å². The van der Waals surface area contributed by atoms with Crippen molar-refractivity contribution in [3.63, 3.8) is 0 Å². The average Bonchev–Trinajstić information content (AvgIpc) is 2.32. The summed E-state index contributed by atoms with van der Waals surface area (Å²) in [5.41, 5.74) is 4.65. The summed E-state index contributed by atoms with van der Waals surface area (Å²) in [5, 5.41) is -0.334. The number of alkyl halides is 1. The molecule has 0 amide bonds. The van der Waals surface area contributed by atoms with Crippen molar-refractivity contribution in [1.82, 2.24) is 0 Å². The molecule has 0 saturated heterocycles. The van der Waals surface area contributed by atoms with Crippen LogP contribution in [0.5, 0.6) is 0 Å². The van der Waals surface area contributed by atoms with Gasteiger partial charge in [-0.1, -0.05) is 6.42 Å². The van der Waals surface area contributed by atoms with Crippen molar-refractivity contribution in [1.29, 1.82) is 0 Å². The van der Waals surface area contributed by atoms with Crippen molar-refractivity contribution in [2.45, 2.75) is 68.3 Å². The molecule has 0 aliphatic heterocycles. The highest BCUT2D eigenvalue weighted by atomic mass is 32.2. The van der Waals surface area contributed by atoms with E-state index in [2.05, 4.69) is 0 Å². The first-order chi connectivity index (χ1) is 8.31. The summed E-state index contributed by atoms with van der Waals surface area (Å²) in [6, 6.07) is 0.128. The van der Waals surface area contributed by atoms with Crippen molar-refractivity contribution >= 4 is 9.84 Å². The standard InChI is InChI=1S/C13H24FNO2S/c1-18(16,17)12-4-2-3-10(9-12)13(14)7-5-11(15)6-8-13/h10-12H,2-9,15H2,1H3. The molecular weight excluding hydrogens is 253 g/mol. The van der Waals surface area contributed by atoms with E-state index in [4.69, 9.17) is 5.73 Å². The van der Waals surface area contributed by atoms with Crippen LogP contribution in [-0.2, 0) is 9.84 Å². The molecule has 0 heterocycles. The topological polar surface area (TPSA) is 60.2 Å². The number of halogens is 1. The minimum absolute atomic E-state index is 0.0847. The van der Waals surface area contributed by atoms with E-state index < -0.39 is 15.5 Å². The molecule has 18 heavy (non-hydrogen) atoms. The Morgan fingerprint density at radius 1 is 1.17 bits per heavy atom. The first-order valence-corrected chi connectivity index (χ1v) is 8.90. The SMILES string of the molecule is CS(=O)(=O)C1CCCC(C2(F)CCC(N)CC2)C1. The van der Waals surface area contributed by atoms with E-state index in [-0.39, 0.29) is 17.2 Å². The van der Waals surface area contributed by atoms with E-state index in [1.807, 2.05) is 0 Å². The summed E-state index contributed by atoms with van der Waals surface area (Å²) < 4.78 is 38.2. The maximum absolute atomic E-state index is 14.9. The molecule has 0 aromatic heterocycles. The molecule has 2 aliphatic rings. The first kappa shape index (κ1) is 14.3. The van der Waals surface area contributed by atoms with Crippen LogP contribution in [0.25, 0.3) is 0 Å². The van der Waals surface area contributed by atoms with Gasteiger partial charge in [-0.05, 0) is 50.9 Å². The predicted molar refractivity (Wildman–Crippen MR) is 70.9 cm³/mol. The van der Waals surface area contributed by atoms with E-state index in [0.29, 0.717) is 25.7 Å². The molecule has 2 saturated carbocycles. The Balaban J connectivity index is 2.04. The third-order valence-corrected chi connectivity index (χ3v) is 6.46. The molecule has 2 N–H and O–H groups in total. The summed E-state index contributed by atoms with van der Waals surface area (Å²) in [5.74, 6) is -0.0847. The van der Waals surface area contributed by atoms with Crippen LogP contribution in [0.3, 0.4) is 0 Å². The minimum Gasteiger partial charge on any atom is -0.328 e. The Morgan fingerprint density at radius 3 is 2.33 bits per heavy atom. The van der Waals surface area contributed by atoms with E-state index in [0.717, 1.165) is 25.7 Å². The Hall–Kier alpha value is -0.160. The highest BCUT2D eigenvalue weighted by Gasteiger charge is 2.44. The van der Waals surface area contributed by atoms with Gasteiger partial charge in [-0.15, -0.1) is 0 Å². The van der Waals surface area contributed by atoms with Gasteiger partial charge >= 0.3 is 0 Å². The van der Waals surface area contributed by atoms with Gasteiger partial charge in [0.25, 0.3) is 0 Å². The van der Waals surface area contributed by atoms with E-state index >= 15 is 0 Å². The van der Waals surface area contributed by atoms with Gasteiger partial charge in [0.1, 0.15) is 15.5 Å². The number of hydrogen-bond acceptors (Lipinski definition) is 3. The quantitative estimate of drug-likeness (QED) is 0.841. The normalized spacial score (nSPS) is 42.7. The lowest BCUT2D eigenvalue weighted by Gasteiger charge is -2.42. The number of hydrogen-bond donors (Lipinski definition) is 1. The second-order valence-corrected chi connectivity index (χ2v) is 8.51. The maximum Gasteiger partial charge on any atom is 0.150 e. The first-order valence-electron chi connectivity index (χ1n) is 6.94. The molecule has 3 nitrogen and oxygen atoms in total. The molecule has 0 aromatic carbocycles. The van der Waals surface area contributed by atoms with Gasteiger partial charge < -0.3 is 5.73 Å². The van der Waals surface area contributed by atoms with Crippen molar-refractivity contribution in [2.24, 2.45) is 11.7 Å². The van der Waals surface area contributed by atoms with Gasteiger partial charge in [0.05, 0.1) is 5.25 Å². The van der Waals surface area contributed by atoms with E-state index in [1.165, 1.54) is 6.26 Å². The zero-order chi connectivity index (χ0) is 13.4. The van der Waals surface area contributed by atoms with Crippen molar-refractivity contribution in [3.05, 3.63) is 0 Å². The molecular formula is C13H24FNO2S. The predicted octanol–water partition coefficient (Wildman–Crippen LogP) is 2.20. The van der Waals surface area contributed by atoms with Gasteiger partial charge in [0, 0.05) is 12.3 Å². The number of sulfone groups is 1. The van der Waals surface area contributed by atoms with Crippen molar-refractivity contribution in [2.75, 3.05) is 6.26 Å². The molecule has 2 atom stereocenters. The summed E-state index contributed by atoms with van der Waals surface area (Å²) in [4.78, 5) is 0. The van der Waals surface area contributed by atoms with E-state index in [9.17, 15) is 12.8 Å². The fraction of sp³-hybridized carbons (Fsp3) is 1.00. The summed E-state index contributed by atoms with van der Waals surface area (Å²) in [7, 11) is -3.03. The molecule has 5 heteroatoms. The van der Waals surface area contributed by atoms with Crippen LogP contribution >= 0.6 is 0 Å². The zero-order valence-corrected chi connectivity index (χ0v) is 11.9. The monoisotopic (exact) mass is 277 g/mol. The van der Waals surface area contributed by atoms with Crippen LogP contribution in [0, 0.1) is 5.92 Å². The smallest absolute Gasteiger partial charge is 0.150 e. The summed E-state index contributed by atoms with van der Waals surface area (Å²) >= 11 is 0. The Kier molecular flexibility index (Phi) is 4.02. The average molecular weight is 277 g/mol. The van der Waals surface area contributed by atoms with Gasteiger partial charge in [-0.2, -0.15) is 0 Å². The molecule has 2 fully saturated rings. The summed E-state index contributed by atoms with van der Waals surface area (Å²) in [6.07, 6.45) is 6.63. The van der Waals surface area contributed by atoms with Gasteiger partial charge in [0.15, 0.2) is 0 Å². The Morgan fingerprint density at radius 2 is 1.78 bits per heavy atom. The second kappa shape index (κ2) is 5.08. The fourth-order valence-corrected chi connectivity index (χ4v) is 4.71. The number of rotatable bonds is 2. The van der Waals surface area contributed by atoms with Crippen LogP contribution in [0.2, 0.25) is 0 Å². The molecule has 2 unspecified atom stereocenters. The molecule has 0 spiro atoms. The van der Waals surface area contributed by atoms with Crippen LogP contribution in [0.1, 0.15) is 51.4 Å². The highest BCUT2D eigenvalue weighted by molar-refractivity contribution is 7.91. The summed E-state index contributed by atoms with van der Waals surface area (Å²) in [6.45, 7) is 0. The van der Waals surface area contributed by atoms with Crippen LogP contribution in [0.15, 0.2) is 0 Å². The Bertz CT molecular complexity index is 388. The van der Waals surface area contributed by atoms with Gasteiger partial charge in [0.2, 0.25) is 0 Å². The lowest BCUT2D eigenvalue weighted by Crippen LogP contribution is -2.44. The minimum atomic E-state index is -3.03. The third-order valence-electron chi connectivity index (χ3n) is 4.82.